The molecule has 1 saturated heterocycles. The number of para-hydroxylation sites is 1. The zero-order valence-corrected chi connectivity index (χ0v) is 25.2. The molecule has 0 saturated carbocycles. The Hall–Kier alpha value is -2.78. The minimum Gasteiger partial charge on any atom is -0.399 e. The largest absolute Gasteiger partial charge is 0.399 e. The summed E-state index contributed by atoms with van der Waals surface area (Å²) >= 11 is 0. The van der Waals surface area contributed by atoms with Crippen molar-refractivity contribution in [2.75, 3.05) is 18.4 Å². The molecule has 1 aliphatic heterocycles. The Morgan fingerprint density at radius 1 is 0.947 bits per heavy atom. The predicted molar refractivity (Wildman–Crippen MR) is 169 cm³/mol. The average molecular weight is 516 g/mol. The number of anilines is 1. The molecule has 0 radical (unpaired) electrons. The van der Waals surface area contributed by atoms with Crippen molar-refractivity contribution in [3.05, 3.63) is 89.7 Å². The maximum atomic E-state index is 6.14. The summed E-state index contributed by atoms with van der Waals surface area (Å²) < 4.78 is 0. The van der Waals surface area contributed by atoms with Crippen molar-refractivity contribution >= 4 is 5.69 Å². The molecule has 4 N–H and O–H groups in total. The van der Waals surface area contributed by atoms with Crippen molar-refractivity contribution in [3.63, 3.8) is 0 Å². The first-order chi connectivity index (χ1) is 18.1. The zero-order valence-electron chi connectivity index (χ0n) is 25.2. The van der Waals surface area contributed by atoms with Gasteiger partial charge >= 0.3 is 0 Å². The lowest BCUT2D eigenvalue weighted by molar-refractivity contribution is 0.329. The van der Waals surface area contributed by atoms with Gasteiger partial charge in [0.15, 0.2) is 0 Å². The number of nitrogens with one attached hydrogen (secondary N) is 2. The fourth-order valence-electron chi connectivity index (χ4n) is 5.18. The Morgan fingerprint density at radius 2 is 1.53 bits per heavy atom. The van der Waals surface area contributed by atoms with Gasteiger partial charge in [-0.05, 0) is 93.7 Å². The van der Waals surface area contributed by atoms with Crippen LogP contribution in [-0.4, -0.2) is 18.6 Å². The van der Waals surface area contributed by atoms with Crippen molar-refractivity contribution in [2.24, 2.45) is 17.6 Å². The number of benzene rings is 2. The molecule has 0 aromatic heterocycles. The summed E-state index contributed by atoms with van der Waals surface area (Å²) in [6.07, 6.45) is 8.16. The molecule has 1 fully saturated rings. The molecule has 0 unspecified atom stereocenters. The quantitative estimate of drug-likeness (QED) is 0.336. The highest BCUT2D eigenvalue weighted by Gasteiger charge is 2.30. The molecule has 1 aliphatic carbocycles. The highest BCUT2D eigenvalue weighted by Crippen LogP contribution is 2.34. The molecular weight excluding hydrogens is 462 g/mol. The molecule has 3 nitrogen and oxygen atoms in total. The second kappa shape index (κ2) is 15.6. The monoisotopic (exact) mass is 515 g/mol. The maximum absolute atomic E-state index is 6.14. The second-order valence-electron chi connectivity index (χ2n) is 11.6. The summed E-state index contributed by atoms with van der Waals surface area (Å²) in [5, 5.41) is 7.34. The van der Waals surface area contributed by atoms with Gasteiger partial charge in [0.2, 0.25) is 0 Å². The Labute approximate surface area is 233 Å². The highest BCUT2D eigenvalue weighted by molar-refractivity contribution is 5.78. The second-order valence-corrected chi connectivity index (χ2v) is 11.6. The van der Waals surface area contributed by atoms with Gasteiger partial charge in [-0.25, -0.2) is 0 Å². The van der Waals surface area contributed by atoms with Gasteiger partial charge in [-0.15, -0.1) is 6.58 Å². The minimum absolute atomic E-state index is 0.232. The van der Waals surface area contributed by atoms with E-state index in [4.69, 9.17) is 5.73 Å². The van der Waals surface area contributed by atoms with E-state index in [1.54, 1.807) is 0 Å². The molecule has 38 heavy (non-hydrogen) atoms. The molecular formula is C35H53N3. The average Bonchev–Trinajstić information content (AvgIpc) is 2.90. The molecule has 3 heteroatoms. The van der Waals surface area contributed by atoms with E-state index in [2.05, 4.69) is 113 Å². The van der Waals surface area contributed by atoms with Crippen LogP contribution in [0.4, 0.5) is 5.69 Å². The molecule has 1 heterocycles. The molecule has 0 spiro atoms. The topological polar surface area (TPSA) is 50.1 Å². The summed E-state index contributed by atoms with van der Waals surface area (Å²) in [4.78, 5) is 0. The summed E-state index contributed by atoms with van der Waals surface area (Å²) in [6, 6.07) is 19.3. The summed E-state index contributed by atoms with van der Waals surface area (Å²) in [5.41, 5.74) is 15.2. The van der Waals surface area contributed by atoms with E-state index in [9.17, 15) is 0 Å². The maximum Gasteiger partial charge on any atom is 0.0424 e. The van der Waals surface area contributed by atoms with Gasteiger partial charge in [-0.3, -0.25) is 0 Å². The predicted octanol–water partition coefficient (Wildman–Crippen LogP) is 9.11. The van der Waals surface area contributed by atoms with E-state index in [0.717, 1.165) is 31.6 Å². The first kappa shape index (κ1) is 31.4. The fourth-order valence-corrected chi connectivity index (χ4v) is 5.18. The third kappa shape index (κ3) is 9.51. The summed E-state index contributed by atoms with van der Waals surface area (Å²) in [6.45, 7) is 20.9. The number of hydrogen-bond acceptors (Lipinski definition) is 3. The first-order valence-electron chi connectivity index (χ1n) is 14.5. The van der Waals surface area contributed by atoms with Gasteiger partial charge in [0.05, 0.1) is 0 Å². The molecule has 0 atom stereocenters. The van der Waals surface area contributed by atoms with Gasteiger partial charge in [0.25, 0.3) is 0 Å². The van der Waals surface area contributed by atoms with E-state index in [-0.39, 0.29) is 5.54 Å². The van der Waals surface area contributed by atoms with E-state index in [0.29, 0.717) is 11.8 Å². The standard InChI is InChI=1S/C19H24N2.C12H21N.C4H8/c1-2-19(12-14-20-15-13-19)21-18-11-7-6-10-17(18)16-8-4-3-5-9-16;1-8(2)10-6-5-7-11(9(3)4)12(10)13;1-4(2)3/h3-11,20-21H,2,12-15H2,1H3;6,8-9H,5,7,13H2,1-4H3;1H2,2-3H3. The fraction of sp³-hybridized carbons (Fsp3) is 0.486. The third-order valence-corrected chi connectivity index (χ3v) is 7.40. The van der Waals surface area contributed by atoms with E-state index in [1.807, 2.05) is 13.8 Å². The Balaban J connectivity index is 0.000000255. The Kier molecular flexibility index (Phi) is 12.9. The van der Waals surface area contributed by atoms with Crippen LogP contribution in [0.1, 0.15) is 80.6 Å². The van der Waals surface area contributed by atoms with Crippen molar-refractivity contribution in [2.45, 2.75) is 86.1 Å². The normalized spacial score (nSPS) is 16.6. The molecule has 4 rings (SSSR count). The van der Waals surface area contributed by atoms with Crippen molar-refractivity contribution in [1.29, 1.82) is 0 Å². The van der Waals surface area contributed by atoms with Crippen LogP contribution in [0.25, 0.3) is 11.1 Å². The highest BCUT2D eigenvalue weighted by atomic mass is 15.0. The third-order valence-electron chi connectivity index (χ3n) is 7.40. The zero-order chi connectivity index (χ0) is 28.1. The van der Waals surface area contributed by atoms with Crippen molar-refractivity contribution < 1.29 is 0 Å². The minimum atomic E-state index is 0.232. The van der Waals surface area contributed by atoms with Gasteiger partial charge in [-0.2, -0.15) is 0 Å². The molecule has 2 aliphatic rings. The lowest BCUT2D eigenvalue weighted by Gasteiger charge is -2.39. The van der Waals surface area contributed by atoms with Gasteiger partial charge in [0.1, 0.15) is 0 Å². The van der Waals surface area contributed by atoms with Crippen LogP contribution >= 0.6 is 0 Å². The molecule has 0 bridgehead atoms. The van der Waals surface area contributed by atoms with E-state index in [1.165, 1.54) is 52.8 Å². The number of piperidine rings is 1. The number of rotatable bonds is 6. The van der Waals surface area contributed by atoms with Crippen LogP contribution in [-0.2, 0) is 0 Å². The SMILES string of the molecule is C=C(C)C.CC(C)C1=CCCC(C(C)C)=C1N.CCC1(Nc2ccccc2-c2ccccc2)CCNCC1. The lowest BCUT2D eigenvalue weighted by atomic mass is 9.85. The van der Waals surface area contributed by atoms with Crippen LogP contribution in [0.15, 0.2) is 89.7 Å². The van der Waals surface area contributed by atoms with Crippen molar-refractivity contribution in [3.8, 4) is 11.1 Å². The van der Waals surface area contributed by atoms with Crippen LogP contribution < -0.4 is 16.4 Å². The number of allylic oxidation sites excluding steroid dienone is 4. The van der Waals surface area contributed by atoms with Crippen LogP contribution in [0.2, 0.25) is 0 Å². The number of nitrogens with two attached hydrogens (primary N) is 1. The van der Waals surface area contributed by atoms with Gasteiger partial charge < -0.3 is 16.4 Å². The van der Waals surface area contributed by atoms with Crippen LogP contribution in [0, 0.1) is 11.8 Å². The molecule has 208 valence electrons. The first-order valence-corrected chi connectivity index (χ1v) is 14.5. The van der Waals surface area contributed by atoms with Gasteiger partial charge in [0, 0.05) is 22.5 Å². The van der Waals surface area contributed by atoms with E-state index < -0.39 is 0 Å². The van der Waals surface area contributed by atoms with E-state index >= 15 is 0 Å². The van der Waals surface area contributed by atoms with Crippen molar-refractivity contribution in [1.82, 2.24) is 5.32 Å². The summed E-state index contributed by atoms with van der Waals surface area (Å²) in [7, 11) is 0. The Bertz CT molecular complexity index is 1050. The molecule has 2 aromatic rings. The van der Waals surface area contributed by atoms with Crippen LogP contribution in [0.3, 0.4) is 0 Å². The van der Waals surface area contributed by atoms with Gasteiger partial charge in [-0.1, -0.05) is 94.8 Å². The lowest BCUT2D eigenvalue weighted by Crippen LogP contribution is -2.47. The smallest absolute Gasteiger partial charge is 0.0424 e. The van der Waals surface area contributed by atoms with Crippen LogP contribution in [0.5, 0.6) is 0 Å². The number of hydrogen-bond donors (Lipinski definition) is 3. The molecule has 0 amide bonds. The Morgan fingerprint density at radius 3 is 2.08 bits per heavy atom. The summed E-state index contributed by atoms with van der Waals surface area (Å²) in [5.74, 6) is 1.16. The molecule has 2 aromatic carbocycles.